The molecule has 0 heterocycles. The molecule has 2 aromatic rings. The molecule has 0 aliphatic rings. The molecule has 0 aliphatic heterocycles. The molecule has 124 valence electrons. The zero-order valence-corrected chi connectivity index (χ0v) is 13.9. The molecule has 2 aromatic carbocycles. The third-order valence-corrected chi connectivity index (χ3v) is 3.52. The quantitative estimate of drug-likeness (QED) is 0.508. The molecule has 7 heteroatoms. The van der Waals surface area contributed by atoms with E-state index in [0.717, 1.165) is 11.1 Å². The zero-order valence-electron chi connectivity index (χ0n) is 13.2. The van der Waals surface area contributed by atoms with Gasteiger partial charge in [0, 0.05) is 10.7 Å². The van der Waals surface area contributed by atoms with Crippen LogP contribution in [0.1, 0.15) is 11.1 Å². The number of hydrazone groups is 1. The lowest BCUT2D eigenvalue weighted by Crippen LogP contribution is -2.32. The van der Waals surface area contributed by atoms with E-state index < -0.39 is 11.8 Å². The summed E-state index contributed by atoms with van der Waals surface area (Å²) in [5.74, 6) is -1.05. The van der Waals surface area contributed by atoms with E-state index in [1.807, 2.05) is 6.92 Å². The van der Waals surface area contributed by atoms with E-state index >= 15 is 0 Å². The maximum atomic E-state index is 11.8. The third kappa shape index (κ3) is 4.82. The minimum absolute atomic E-state index is 0.433. The van der Waals surface area contributed by atoms with Crippen molar-refractivity contribution < 1.29 is 14.3 Å². The zero-order chi connectivity index (χ0) is 17.5. The van der Waals surface area contributed by atoms with Crippen LogP contribution in [-0.2, 0) is 9.59 Å². The van der Waals surface area contributed by atoms with Gasteiger partial charge in [0.25, 0.3) is 0 Å². The maximum absolute atomic E-state index is 11.8. The fourth-order valence-electron chi connectivity index (χ4n) is 1.80. The number of hydrogen-bond acceptors (Lipinski definition) is 4. The highest BCUT2D eigenvalue weighted by molar-refractivity contribution is 6.39. The highest BCUT2D eigenvalue weighted by atomic mass is 35.5. The summed E-state index contributed by atoms with van der Waals surface area (Å²) in [6.07, 6.45) is 1.41. The summed E-state index contributed by atoms with van der Waals surface area (Å²) in [6, 6.07) is 12.1. The van der Waals surface area contributed by atoms with Crippen LogP contribution < -0.4 is 15.5 Å². The lowest BCUT2D eigenvalue weighted by Gasteiger charge is -2.05. The van der Waals surface area contributed by atoms with E-state index in [2.05, 4.69) is 15.8 Å². The van der Waals surface area contributed by atoms with E-state index in [1.54, 1.807) is 49.6 Å². The number of carbonyl (C=O) groups excluding carboxylic acids is 2. The number of ether oxygens (including phenoxy) is 1. The number of amides is 2. The fraction of sp³-hybridized carbons (Fsp3) is 0.118. The topological polar surface area (TPSA) is 79.8 Å². The van der Waals surface area contributed by atoms with Gasteiger partial charge in [0.05, 0.1) is 13.3 Å². The predicted octanol–water partition coefficient (Wildman–Crippen LogP) is 2.75. The van der Waals surface area contributed by atoms with Crippen molar-refractivity contribution in [2.45, 2.75) is 6.92 Å². The first kappa shape index (κ1) is 17.5. The molecule has 24 heavy (non-hydrogen) atoms. The van der Waals surface area contributed by atoms with Gasteiger partial charge >= 0.3 is 11.8 Å². The Morgan fingerprint density at radius 2 is 1.96 bits per heavy atom. The van der Waals surface area contributed by atoms with Crippen LogP contribution in [0.4, 0.5) is 5.69 Å². The second kappa shape index (κ2) is 8.12. The largest absolute Gasteiger partial charge is 0.497 e. The molecule has 0 aliphatic carbocycles. The summed E-state index contributed by atoms with van der Waals surface area (Å²) in [6.45, 7) is 1.84. The Morgan fingerprint density at radius 3 is 2.67 bits per heavy atom. The number of halogens is 1. The maximum Gasteiger partial charge on any atom is 0.329 e. The van der Waals surface area contributed by atoms with Crippen molar-refractivity contribution in [1.29, 1.82) is 0 Å². The van der Waals surface area contributed by atoms with Gasteiger partial charge in [-0.1, -0.05) is 29.8 Å². The molecule has 0 saturated heterocycles. The van der Waals surface area contributed by atoms with Gasteiger partial charge in [0.1, 0.15) is 5.75 Å². The summed E-state index contributed by atoms with van der Waals surface area (Å²) in [7, 11) is 1.56. The van der Waals surface area contributed by atoms with Crippen molar-refractivity contribution in [3.05, 3.63) is 58.6 Å². The first-order chi connectivity index (χ1) is 11.5. The van der Waals surface area contributed by atoms with E-state index in [0.29, 0.717) is 16.5 Å². The Bertz CT molecular complexity index is 790. The standard InChI is InChI=1S/C17H16ClN3O3/c1-11-6-7-13(9-15(11)18)20-16(22)17(23)21-19-10-12-4-3-5-14(8-12)24-2/h3-10H,1-2H3,(H,20,22)(H,21,23)/b19-10-. The Balaban J connectivity index is 1.92. The molecule has 0 unspecified atom stereocenters. The van der Waals surface area contributed by atoms with Gasteiger partial charge in [-0.3, -0.25) is 9.59 Å². The van der Waals surface area contributed by atoms with Crippen molar-refractivity contribution in [2.24, 2.45) is 5.10 Å². The summed E-state index contributed by atoms with van der Waals surface area (Å²) >= 11 is 5.97. The molecule has 0 bridgehead atoms. The van der Waals surface area contributed by atoms with Crippen LogP contribution in [0, 0.1) is 6.92 Å². The number of rotatable bonds is 4. The highest BCUT2D eigenvalue weighted by Crippen LogP contribution is 2.19. The van der Waals surface area contributed by atoms with Gasteiger partial charge in [0.15, 0.2) is 0 Å². The molecule has 0 saturated carbocycles. The molecular formula is C17H16ClN3O3. The molecule has 0 radical (unpaired) electrons. The highest BCUT2D eigenvalue weighted by Gasteiger charge is 2.13. The van der Waals surface area contributed by atoms with Crippen molar-refractivity contribution in [1.82, 2.24) is 5.43 Å². The first-order valence-electron chi connectivity index (χ1n) is 7.04. The average Bonchev–Trinajstić information content (AvgIpc) is 2.58. The van der Waals surface area contributed by atoms with Crippen molar-refractivity contribution in [2.75, 3.05) is 12.4 Å². The van der Waals surface area contributed by atoms with E-state index in [4.69, 9.17) is 16.3 Å². The molecule has 2 rings (SSSR count). The van der Waals surface area contributed by atoms with Gasteiger partial charge in [-0.05, 0) is 42.3 Å². The monoisotopic (exact) mass is 345 g/mol. The number of nitrogens with one attached hydrogen (secondary N) is 2. The lowest BCUT2D eigenvalue weighted by molar-refractivity contribution is -0.136. The molecular weight excluding hydrogens is 330 g/mol. The second-order valence-corrected chi connectivity index (χ2v) is 5.30. The summed E-state index contributed by atoms with van der Waals surface area (Å²) < 4.78 is 5.08. The molecule has 2 amide bonds. The van der Waals surface area contributed by atoms with Crippen molar-refractivity contribution >= 4 is 35.3 Å². The molecule has 6 nitrogen and oxygen atoms in total. The summed E-state index contributed by atoms with van der Waals surface area (Å²) in [4.78, 5) is 23.5. The Hall–Kier alpha value is -2.86. The van der Waals surface area contributed by atoms with Gasteiger partial charge in [-0.15, -0.1) is 0 Å². The Morgan fingerprint density at radius 1 is 1.17 bits per heavy atom. The molecule has 0 spiro atoms. The van der Waals surface area contributed by atoms with Crippen molar-refractivity contribution in [3.63, 3.8) is 0 Å². The van der Waals surface area contributed by atoms with Crippen LogP contribution in [0.3, 0.4) is 0 Å². The van der Waals surface area contributed by atoms with Crippen LogP contribution in [0.5, 0.6) is 5.75 Å². The van der Waals surface area contributed by atoms with E-state index in [1.165, 1.54) is 6.21 Å². The number of benzene rings is 2. The average molecular weight is 346 g/mol. The number of nitrogens with zero attached hydrogens (tertiary/aromatic N) is 1. The number of carbonyl (C=O) groups is 2. The van der Waals surface area contributed by atoms with Crippen LogP contribution in [0.2, 0.25) is 5.02 Å². The summed E-state index contributed by atoms with van der Waals surface area (Å²) in [5.41, 5.74) is 4.19. The van der Waals surface area contributed by atoms with E-state index in [9.17, 15) is 9.59 Å². The molecule has 2 N–H and O–H groups in total. The number of anilines is 1. The number of hydrogen-bond donors (Lipinski definition) is 2. The number of methoxy groups -OCH3 is 1. The van der Waals surface area contributed by atoms with Crippen molar-refractivity contribution in [3.8, 4) is 5.75 Å². The molecule has 0 aromatic heterocycles. The Labute approximate surface area is 144 Å². The van der Waals surface area contributed by atoms with Gasteiger partial charge in [0.2, 0.25) is 0 Å². The predicted molar refractivity (Wildman–Crippen MR) is 93.5 cm³/mol. The smallest absolute Gasteiger partial charge is 0.329 e. The van der Waals surface area contributed by atoms with Crippen LogP contribution in [-0.4, -0.2) is 25.1 Å². The fourth-order valence-corrected chi connectivity index (χ4v) is 1.98. The van der Waals surface area contributed by atoms with Crippen LogP contribution >= 0.6 is 11.6 Å². The van der Waals surface area contributed by atoms with Gasteiger partial charge in [-0.25, -0.2) is 5.43 Å². The first-order valence-corrected chi connectivity index (χ1v) is 7.42. The second-order valence-electron chi connectivity index (χ2n) is 4.89. The lowest BCUT2D eigenvalue weighted by atomic mass is 10.2. The molecule has 0 atom stereocenters. The molecule has 0 fully saturated rings. The minimum Gasteiger partial charge on any atom is -0.497 e. The van der Waals surface area contributed by atoms with E-state index in [-0.39, 0.29) is 0 Å². The van der Waals surface area contributed by atoms with Crippen LogP contribution in [0.15, 0.2) is 47.6 Å². The Kier molecular flexibility index (Phi) is 5.92. The van der Waals surface area contributed by atoms with Gasteiger partial charge < -0.3 is 10.1 Å². The van der Waals surface area contributed by atoms with Gasteiger partial charge in [-0.2, -0.15) is 5.10 Å². The minimum atomic E-state index is -0.883. The van der Waals surface area contributed by atoms with Crippen LogP contribution in [0.25, 0.3) is 0 Å². The SMILES string of the molecule is COc1cccc(/C=N\NC(=O)C(=O)Nc2ccc(C)c(Cl)c2)c1. The normalized spacial score (nSPS) is 10.5. The number of aryl methyl sites for hydroxylation is 1. The third-order valence-electron chi connectivity index (χ3n) is 3.11. The summed E-state index contributed by atoms with van der Waals surface area (Å²) in [5, 5.41) is 6.70.